The Morgan fingerprint density at radius 3 is 2.02 bits per heavy atom. The van der Waals surface area contributed by atoms with Crippen LogP contribution in [0.1, 0.15) is 47.1 Å². The van der Waals surface area contributed by atoms with Gasteiger partial charge >= 0.3 is 11.9 Å². The Morgan fingerprint density at radius 2 is 1.44 bits per heavy atom. The van der Waals surface area contributed by atoms with E-state index in [9.17, 15) is 18.8 Å². The highest BCUT2D eigenvalue weighted by molar-refractivity contribution is 5.90. The molecule has 9 nitrogen and oxygen atoms in total. The second-order valence-corrected chi connectivity index (χ2v) is 11.9. The van der Waals surface area contributed by atoms with E-state index in [1.54, 1.807) is 98.8 Å². The topological polar surface area (TPSA) is 109 Å². The fourth-order valence-electron chi connectivity index (χ4n) is 5.73. The van der Waals surface area contributed by atoms with Crippen LogP contribution in [0.3, 0.4) is 0 Å². The number of esters is 2. The van der Waals surface area contributed by atoms with Gasteiger partial charge in [-0.05, 0) is 85.5 Å². The molecule has 0 aromatic heterocycles. The standard InChI is InChI=1S/C38H38FNO8/c1-24(41)40-21-20-25-18-19-30(23-31(25)28-16-11-17-29(39)22-28)45-37-33(47-36(43)27-14-9-6-10-15-27)32(34(44-4)38(2,3)48-37)46-35(42)26-12-7-5-8-13-26/h5-19,22-23,32-34,37H,20-21H2,1-4H3,(H,40,41)/t32-,33+,34+,37?/m0/s1. The van der Waals surface area contributed by atoms with Gasteiger partial charge in [-0.25, -0.2) is 14.0 Å². The van der Waals surface area contributed by atoms with Gasteiger partial charge < -0.3 is 29.0 Å². The fraction of sp³-hybridized carbons (Fsp3) is 0.289. The number of amides is 1. The first-order chi connectivity index (χ1) is 23.1. The summed E-state index contributed by atoms with van der Waals surface area (Å²) >= 11 is 0. The lowest BCUT2D eigenvalue weighted by molar-refractivity contribution is -0.304. The van der Waals surface area contributed by atoms with Crippen LogP contribution in [0.15, 0.2) is 103 Å². The molecule has 48 heavy (non-hydrogen) atoms. The van der Waals surface area contributed by atoms with Gasteiger partial charge in [0.2, 0.25) is 18.3 Å². The Bertz CT molecular complexity index is 1730. The van der Waals surface area contributed by atoms with Crippen molar-refractivity contribution < 1.29 is 42.5 Å². The van der Waals surface area contributed by atoms with Crippen molar-refractivity contribution in [2.75, 3.05) is 13.7 Å². The molecule has 1 heterocycles. The maximum absolute atomic E-state index is 14.3. The molecule has 4 aromatic rings. The second kappa shape index (κ2) is 15.2. The van der Waals surface area contributed by atoms with Gasteiger partial charge in [0.25, 0.3) is 0 Å². The lowest BCUT2D eigenvalue weighted by Crippen LogP contribution is -2.66. The smallest absolute Gasteiger partial charge is 0.338 e. The molecular formula is C38H38FNO8. The van der Waals surface area contributed by atoms with E-state index in [2.05, 4.69) is 5.32 Å². The first-order valence-electron chi connectivity index (χ1n) is 15.6. The number of carbonyl (C=O) groups excluding carboxylic acids is 3. The monoisotopic (exact) mass is 655 g/mol. The molecule has 1 aliphatic rings. The number of rotatable bonds is 11. The van der Waals surface area contributed by atoms with E-state index in [0.29, 0.717) is 35.4 Å². The number of benzene rings is 4. The summed E-state index contributed by atoms with van der Waals surface area (Å²) in [7, 11) is 1.46. The molecule has 4 atom stereocenters. The predicted molar refractivity (Wildman–Crippen MR) is 176 cm³/mol. The van der Waals surface area contributed by atoms with Gasteiger partial charge in [-0.15, -0.1) is 0 Å². The molecule has 0 bridgehead atoms. The molecule has 10 heteroatoms. The quantitative estimate of drug-likeness (QED) is 0.192. The average molecular weight is 656 g/mol. The minimum atomic E-state index is -1.28. The molecule has 250 valence electrons. The zero-order chi connectivity index (χ0) is 34.3. The summed E-state index contributed by atoms with van der Waals surface area (Å²) < 4.78 is 45.1. The van der Waals surface area contributed by atoms with Crippen LogP contribution < -0.4 is 10.1 Å². The van der Waals surface area contributed by atoms with Gasteiger partial charge in [0.1, 0.15) is 17.7 Å². The van der Waals surface area contributed by atoms with Crippen LogP contribution in [0.5, 0.6) is 5.75 Å². The zero-order valence-corrected chi connectivity index (χ0v) is 27.2. The molecular weight excluding hydrogens is 617 g/mol. The average Bonchev–Trinajstić information content (AvgIpc) is 3.07. The summed E-state index contributed by atoms with van der Waals surface area (Å²) in [5.74, 6) is -1.57. The summed E-state index contributed by atoms with van der Waals surface area (Å²) in [5, 5.41) is 2.79. The van der Waals surface area contributed by atoms with Crippen molar-refractivity contribution in [3.05, 3.63) is 126 Å². The Labute approximate surface area is 278 Å². The van der Waals surface area contributed by atoms with E-state index in [0.717, 1.165) is 5.56 Å². The van der Waals surface area contributed by atoms with Crippen LogP contribution in [0, 0.1) is 5.82 Å². The third-order valence-corrected chi connectivity index (χ3v) is 7.99. The molecule has 4 aromatic carbocycles. The number of hydrogen-bond acceptors (Lipinski definition) is 8. The summed E-state index contributed by atoms with van der Waals surface area (Å²) in [4.78, 5) is 38.3. The largest absolute Gasteiger partial charge is 0.461 e. The SMILES string of the molecule is CO[C@@H]1[C@@H](OC(=O)c2ccccc2)[C@@H](OC(=O)c2ccccc2)C(Oc2ccc(CCNC(C)=O)c(-c3cccc(F)c3)c2)OC1(C)C. The van der Waals surface area contributed by atoms with Crippen LogP contribution in [0.4, 0.5) is 4.39 Å². The van der Waals surface area contributed by atoms with E-state index in [4.69, 9.17) is 23.7 Å². The molecule has 1 unspecified atom stereocenters. The summed E-state index contributed by atoms with van der Waals surface area (Å²) in [6.07, 6.45) is -4.08. The van der Waals surface area contributed by atoms with Gasteiger partial charge in [-0.2, -0.15) is 0 Å². The highest BCUT2D eigenvalue weighted by atomic mass is 19.1. The lowest BCUT2D eigenvalue weighted by atomic mass is 9.89. The van der Waals surface area contributed by atoms with Crippen LogP contribution in [-0.4, -0.2) is 61.7 Å². The van der Waals surface area contributed by atoms with Crippen molar-refractivity contribution in [1.29, 1.82) is 0 Å². The highest BCUT2D eigenvalue weighted by Crippen LogP contribution is 2.38. The van der Waals surface area contributed by atoms with Crippen LogP contribution in [-0.2, 0) is 30.2 Å². The van der Waals surface area contributed by atoms with Crippen LogP contribution >= 0.6 is 0 Å². The first-order valence-corrected chi connectivity index (χ1v) is 15.6. The minimum absolute atomic E-state index is 0.160. The maximum atomic E-state index is 14.3. The van der Waals surface area contributed by atoms with E-state index in [1.165, 1.54) is 26.2 Å². The van der Waals surface area contributed by atoms with E-state index in [1.807, 2.05) is 6.07 Å². The Morgan fingerprint density at radius 1 is 0.812 bits per heavy atom. The number of ether oxygens (including phenoxy) is 5. The molecule has 1 fully saturated rings. The maximum Gasteiger partial charge on any atom is 0.338 e. The van der Waals surface area contributed by atoms with Crippen molar-refractivity contribution in [2.45, 2.75) is 57.4 Å². The molecule has 0 radical (unpaired) electrons. The third-order valence-electron chi connectivity index (χ3n) is 7.99. The number of nitrogens with one attached hydrogen (secondary N) is 1. The van der Waals surface area contributed by atoms with Crippen molar-refractivity contribution in [3.63, 3.8) is 0 Å². The normalized spacial score (nSPS) is 19.9. The molecule has 1 N–H and O–H groups in total. The van der Waals surface area contributed by atoms with Crippen LogP contribution in [0.25, 0.3) is 11.1 Å². The number of hydrogen-bond donors (Lipinski definition) is 1. The Kier molecular flexibility index (Phi) is 10.9. The van der Waals surface area contributed by atoms with Gasteiger partial charge in [0.15, 0.2) is 6.10 Å². The molecule has 1 amide bonds. The van der Waals surface area contributed by atoms with Gasteiger partial charge in [0.05, 0.1) is 16.7 Å². The number of carbonyl (C=O) groups is 3. The third kappa shape index (κ3) is 8.26. The Balaban J connectivity index is 1.53. The van der Waals surface area contributed by atoms with Crippen molar-refractivity contribution in [3.8, 4) is 16.9 Å². The molecule has 0 spiro atoms. The van der Waals surface area contributed by atoms with E-state index >= 15 is 0 Å². The van der Waals surface area contributed by atoms with Crippen molar-refractivity contribution >= 4 is 17.8 Å². The second-order valence-electron chi connectivity index (χ2n) is 11.9. The highest BCUT2D eigenvalue weighted by Gasteiger charge is 2.55. The van der Waals surface area contributed by atoms with Crippen molar-refractivity contribution in [1.82, 2.24) is 5.32 Å². The van der Waals surface area contributed by atoms with Gasteiger partial charge in [-0.1, -0.05) is 54.6 Å². The summed E-state index contributed by atoms with van der Waals surface area (Å²) in [6.45, 7) is 5.34. The van der Waals surface area contributed by atoms with Gasteiger partial charge in [0, 0.05) is 20.6 Å². The molecule has 1 saturated heterocycles. The fourth-order valence-corrected chi connectivity index (χ4v) is 5.73. The minimum Gasteiger partial charge on any atom is -0.461 e. The molecule has 0 saturated carbocycles. The van der Waals surface area contributed by atoms with Crippen LogP contribution in [0.2, 0.25) is 0 Å². The first kappa shape index (κ1) is 34.3. The molecule has 0 aliphatic carbocycles. The molecule has 1 aliphatic heterocycles. The lowest BCUT2D eigenvalue weighted by Gasteiger charge is -2.48. The molecule has 5 rings (SSSR count). The Hall–Kier alpha value is -5.06. The van der Waals surface area contributed by atoms with E-state index in [-0.39, 0.29) is 11.5 Å². The number of methoxy groups -OCH3 is 1. The van der Waals surface area contributed by atoms with E-state index < -0.39 is 48.0 Å². The predicted octanol–water partition coefficient (Wildman–Crippen LogP) is 6.15. The van der Waals surface area contributed by atoms with Crippen molar-refractivity contribution in [2.24, 2.45) is 0 Å². The number of halogens is 1. The van der Waals surface area contributed by atoms with Gasteiger partial charge in [-0.3, -0.25) is 4.79 Å². The zero-order valence-electron chi connectivity index (χ0n) is 27.2. The summed E-state index contributed by atoms with van der Waals surface area (Å²) in [5.41, 5.74) is 1.61. The summed E-state index contributed by atoms with van der Waals surface area (Å²) in [6, 6.07) is 28.3.